The van der Waals surface area contributed by atoms with Gasteiger partial charge in [0.1, 0.15) is 11.8 Å². The summed E-state index contributed by atoms with van der Waals surface area (Å²) in [6, 6.07) is 10.2. The molecule has 108 valence electrons. The van der Waals surface area contributed by atoms with Crippen molar-refractivity contribution < 1.29 is 4.74 Å². The molecule has 4 heteroatoms. The highest BCUT2D eigenvalue weighted by atomic mass is 16.5. The Kier molecular flexibility index (Phi) is 5.40. The third-order valence-electron chi connectivity index (χ3n) is 3.43. The lowest BCUT2D eigenvalue weighted by molar-refractivity contribution is 0.241. The number of benzene rings is 1. The predicted octanol–water partition coefficient (Wildman–Crippen LogP) is 2.33. The van der Waals surface area contributed by atoms with Crippen LogP contribution in [0.3, 0.4) is 0 Å². The summed E-state index contributed by atoms with van der Waals surface area (Å²) in [5, 5.41) is 12.9. The van der Waals surface area contributed by atoms with E-state index in [2.05, 4.69) is 16.3 Å². The van der Waals surface area contributed by atoms with Crippen LogP contribution in [0.15, 0.2) is 24.3 Å². The minimum Gasteiger partial charge on any atom is -0.491 e. The molecule has 0 bridgehead atoms. The Bertz CT molecular complexity index is 442. The number of nitrogens with zero attached hydrogens (tertiary/aromatic N) is 2. The largest absolute Gasteiger partial charge is 0.491 e. The van der Waals surface area contributed by atoms with E-state index < -0.39 is 0 Å². The van der Waals surface area contributed by atoms with Crippen molar-refractivity contribution in [3.63, 3.8) is 0 Å². The molecule has 1 unspecified atom stereocenters. The first-order valence-electron chi connectivity index (χ1n) is 7.31. The fourth-order valence-corrected chi connectivity index (χ4v) is 2.49. The quantitative estimate of drug-likeness (QED) is 0.914. The Balaban J connectivity index is 2.08. The fourth-order valence-electron chi connectivity index (χ4n) is 2.49. The molecule has 0 aliphatic carbocycles. The zero-order valence-corrected chi connectivity index (χ0v) is 12.3. The molecule has 1 aromatic carbocycles. The normalized spacial score (nSPS) is 18.3. The minimum absolute atomic E-state index is 0.164. The number of hydrogen-bond acceptors (Lipinski definition) is 4. The second kappa shape index (κ2) is 7.28. The number of nitriles is 1. The van der Waals surface area contributed by atoms with Gasteiger partial charge in [-0.25, -0.2) is 0 Å². The highest BCUT2D eigenvalue weighted by Gasteiger charge is 2.20. The SMILES string of the molecule is CC(C)Oc1ccc(C(C#N)N2CCCNCC2)cc1. The maximum absolute atomic E-state index is 9.49. The molecule has 0 amide bonds. The molecule has 0 radical (unpaired) electrons. The summed E-state index contributed by atoms with van der Waals surface area (Å²) in [5.74, 6) is 0.859. The monoisotopic (exact) mass is 273 g/mol. The molecule has 1 saturated heterocycles. The van der Waals surface area contributed by atoms with Crippen molar-refractivity contribution in [2.24, 2.45) is 0 Å². The van der Waals surface area contributed by atoms with Gasteiger partial charge in [-0.2, -0.15) is 5.26 Å². The summed E-state index contributed by atoms with van der Waals surface area (Å²) >= 11 is 0. The molecule has 1 fully saturated rings. The van der Waals surface area contributed by atoms with Gasteiger partial charge in [0.25, 0.3) is 0 Å². The summed E-state index contributed by atoms with van der Waals surface area (Å²) in [5.41, 5.74) is 1.05. The highest BCUT2D eigenvalue weighted by molar-refractivity contribution is 5.31. The van der Waals surface area contributed by atoms with Crippen LogP contribution in [0.1, 0.15) is 31.9 Å². The Labute approximate surface area is 121 Å². The lowest BCUT2D eigenvalue weighted by Crippen LogP contribution is -2.31. The van der Waals surface area contributed by atoms with Gasteiger partial charge in [-0.05, 0) is 44.5 Å². The van der Waals surface area contributed by atoms with E-state index in [4.69, 9.17) is 4.74 Å². The van der Waals surface area contributed by atoms with Crippen molar-refractivity contribution in [1.29, 1.82) is 5.26 Å². The molecule has 0 saturated carbocycles. The molecule has 20 heavy (non-hydrogen) atoms. The Morgan fingerprint density at radius 3 is 2.60 bits per heavy atom. The van der Waals surface area contributed by atoms with Crippen molar-refractivity contribution in [1.82, 2.24) is 10.2 Å². The van der Waals surface area contributed by atoms with Crippen molar-refractivity contribution >= 4 is 0 Å². The molecule has 1 N–H and O–H groups in total. The van der Waals surface area contributed by atoms with E-state index in [1.165, 1.54) is 0 Å². The van der Waals surface area contributed by atoms with Crippen molar-refractivity contribution in [3.05, 3.63) is 29.8 Å². The molecule has 1 aliphatic heterocycles. The smallest absolute Gasteiger partial charge is 0.123 e. The average Bonchev–Trinajstić information content (AvgIpc) is 2.70. The van der Waals surface area contributed by atoms with E-state index in [1.807, 2.05) is 38.1 Å². The van der Waals surface area contributed by atoms with Crippen LogP contribution in [0.5, 0.6) is 5.75 Å². The Morgan fingerprint density at radius 1 is 1.20 bits per heavy atom. The molecule has 0 spiro atoms. The van der Waals surface area contributed by atoms with Gasteiger partial charge in [0.15, 0.2) is 0 Å². The zero-order valence-electron chi connectivity index (χ0n) is 12.3. The van der Waals surface area contributed by atoms with E-state index in [-0.39, 0.29) is 12.1 Å². The average molecular weight is 273 g/mol. The molecule has 1 heterocycles. The predicted molar refractivity (Wildman–Crippen MR) is 79.6 cm³/mol. The summed E-state index contributed by atoms with van der Waals surface area (Å²) in [6.45, 7) is 7.90. The third-order valence-corrected chi connectivity index (χ3v) is 3.43. The summed E-state index contributed by atoms with van der Waals surface area (Å²) in [6.07, 6.45) is 1.26. The molecule has 4 nitrogen and oxygen atoms in total. The lowest BCUT2D eigenvalue weighted by atomic mass is 10.1. The van der Waals surface area contributed by atoms with Crippen molar-refractivity contribution in [2.45, 2.75) is 32.4 Å². The highest BCUT2D eigenvalue weighted by Crippen LogP contribution is 2.23. The van der Waals surface area contributed by atoms with Crippen molar-refractivity contribution in [3.8, 4) is 11.8 Å². The third kappa shape index (κ3) is 3.96. The Hall–Kier alpha value is -1.57. The van der Waals surface area contributed by atoms with Gasteiger partial charge in [-0.15, -0.1) is 0 Å². The van der Waals surface area contributed by atoms with E-state index >= 15 is 0 Å². The topological polar surface area (TPSA) is 48.3 Å². The second-order valence-corrected chi connectivity index (χ2v) is 5.41. The molecular weight excluding hydrogens is 250 g/mol. The Morgan fingerprint density at radius 2 is 1.95 bits per heavy atom. The fraction of sp³-hybridized carbons (Fsp3) is 0.562. The van der Waals surface area contributed by atoms with Gasteiger partial charge >= 0.3 is 0 Å². The standard InChI is InChI=1S/C16H23N3O/c1-13(2)20-15-6-4-14(5-7-15)16(12-17)19-10-3-8-18-9-11-19/h4-7,13,16,18H,3,8-11H2,1-2H3. The summed E-state index contributed by atoms with van der Waals surface area (Å²) in [7, 11) is 0. The van der Waals surface area contributed by atoms with Crippen LogP contribution < -0.4 is 10.1 Å². The molecule has 1 aliphatic rings. The van der Waals surface area contributed by atoms with Gasteiger partial charge < -0.3 is 10.1 Å². The molecular formula is C16H23N3O. The van der Waals surface area contributed by atoms with Gasteiger partial charge in [-0.1, -0.05) is 12.1 Å². The lowest BCUT2D eigenvalue weighted by Gasteiger charge is -2.25. The molecule has 1 aromatic rings. The van der Waals surface area contributed by atoms with Gasteiger partial charge in [0.05, 0.1) is 12.2 Å². The molecule has 1 atom stereocenters. The maximum Gasteiger partial charge on any atom is 0.123 e. The van der Waals surface area contributed by atoms with E-state index in [0.29, 0.717) is 0 Å². The van der Waals surface area contributed by atoms with Crippen LogP contribution in [-0.2, 0) is 0 Å². The first-order chi connectivity index (χ1) is 9.70. The zero-order chi connectivity index (χ0) is 14.4. The van der Waals surface area contributed by atoms with Crippen LogP contribution in [0.25, 0.3) is 0 Å². The van der Waals surface area contributed by atoms with Gasteiger partial charge in [0, 0.05) is 19.6 Å². The number of nitrogens with one attached hydrogen (secondary N) is 1. The number of ether oxygens (including phenoxy) is 1. The minimum atomic E-state index is -0.164. The second-order valence-electron chi connectivity index (χ2n) is 5.41. The first kappa shape index (κ1) is 14.8. The first-order valence-corrected chi connectivity index (χ1v) is 7.31. The van der Waals surface area contributed by atoms with Gasteiger partial charge in [-0.3, -0.25) is 4.90 Å². The van der Waals surface area contributed by atoms with Crippen LogP contribution in [0, 0.1) is 11.3 Å². The van der Waals surface area contributed by atoms with Crippen LogP contribution in [0.2, 0.25) is 0 Å². The van der Waals surface area contributed by atoms with E-state index in [9.17, 15) is 5.26 Å². The van der Waals surface area contributed by atoms with Crippen LogP contribution in [0.4, 0.5) is 0 Å². The number of hydrogen-bond donors (Lipinski definition) is 1. The van der Waals surface area contributed by atoms with E-state index in [1.54, 1.807) is 0 Å². The van der Waals surface area contributed by atoms with E-state index in [0.717, 1.165) is 43.9 Å². The van der Waals surface area contributed by atoms with Crippen molar-refractivity contribution in [2.75, 3.05) is 26.2 Å². The maximum atomic E-state index is 9.49. The summed E-state index contributed by atoms with van der Waals surface area (Å²) in [4.78, 5) is 2.25. The molecule has 0 aromatic heterocycles. The van der Waals surface area contributed by atoms with Crippen LogP contribution >= 0.6 is 0 Å². The molecule has 2 rings (SSSR count). The van der Waals surface area contributed by atoms with Gasteiger partial charge in [0.2, 0.25) is 0 Å². The number of rotatable bonds is 4. The van der Waals surface area contributed by atoms with Crippen LogP contribution in [-0.4, -0.2) is 37.2 Å². The summed E-state index contributed by atoms with van der Waals surface area (Å²) < 4.78 is 5.64.